The summed E-state index contributed by atoms with van der Waals surface area (Å²) >= 11 is 3.43. The van der Waals surface area contributed by atoms with Crippen molar-refractivity contribution in [2.75, 3.05) is 6.61 Å². The molecule has 1 amide bonds. The largest absolute Gasteiger partial charge is 0.394 e. The Morgan fingerprint density at radius 1 is 1.53 bits per heavy atom. The molecule has 0 aliphatic heterocycles. The summed E-state index contributed by atoms with van der Waals surface area (Å²) in [6, 6.07) is 5.60. The molecule has 4 heteroatoms. The molecule has 3 nitrogen and oxygen atoms in total. The van der Waals surface area contributed by atoms with Crippen molar-refractivity contribution in [1.29, 1.82) is 0 Å². The zero-order valence-corrected chi connectivity index (χ0v) is 11.4. The average molecular weight is 298 g/mol. The van der Waals surface area contributed by atoms with Crippen molar-refractivity contribution >= 4 is 21.8 Å². The van der Waals surface area contributed by atoms with Crippen LogP contribution in [0.15, 0.2) is 22.7 Å². The normalized spacial score (nSPS) is 17.4. The minimum absolute atomic E-state index is 0.0160. The second kappa shape index (κ2) is 4.78. The van der Waals surface area contributed by atoms with Gasteiger partial charge in [0.25, 0.3) is 5.91 Å². The van der Waals surface area contributed by atoms with Gasteiger partial charge in [0.05, 0.1) is 17.7 Å². The highest BCUT2D eigenvalue weighted by Gasteiger charge is 2.38. The lowest BCUT2D eigenvalue weighted by Gasteiger charge is -2.41. The van der Waals surface area contributed by atoms with Crippen LogP contribution in [0.4, 0.5) is 0 Å². The van der Waals surface area contributed by atoms with E-state index in [4.69, 9.17) is 0 Å². The maximum atomic E-state index is 12.1. The Morgan fingerprint density at radius 3 is 2.76 bits per heavy atom. The maximum Gasteiger partial charge on any atom is 0.252 e. The van der Waals surface area contributed by atoms with E-state index in [0.29, 0.717) is 5.56 Å². The van der Waals surface area contributed by atoms with Gasteiger partial charge in [0.2, 0.25) is 0 Å². The van der Waals surface area contributed by atoms with Crippen molar-refractivity contribution in [3.05, 3.63) is 33.8 Å². The Hall–Kier alpha value is -0.870. The molecule has 0 bridgehead atoms. The zero-order chi connectivity index (χ0) is 12.5. The lowest BCUT2D eigenvalue weighted by Crippen LogP contribution is -2.56. The van der Waals surface area contributed by atoms with Crippen molar-refractivity contribution in [1.82, 2.24) is 5.32 Å². The third-order valence-corrected chi connectivity index (χ3v) is 4.48. The third kappa shape index (κ3) is 2.38. The number of amides is 1. The summed E-state index contributed by atoms with van der Waals surface area (Å²) in [7, 11) is 0. The molecule has 0 atom stereocenters. The van der Waals surface area contributed by atoms with Gasteiger partial charge in [-0.2, -0.15) is 0 Å². The summed E-state index contributed by atoms with van der Waals surface area (Å²) in [5.74, 6) is -0.116. The van der Waals surface area contributed by atoms with Gasteiger partial charge in [-0.3, -0.25) is 4.79 Å². The maximum absolute atomic E-state index is 12.1. The van der Waals surface area contributed by atoms with Gasteiger partial charge in [-0.1, -0.05) is 12.1 Å². The van der Waals surface area contributed by atoms with Crippen LogP contribution in [-0.2, 0) is 0 Å². The fourth-order valence-corrected chi connectivity index (χ4v) is 2.50. The van der Waals surface area contributed by atoms with Gasteiger partial charge in [-0.05, 0) is 53.7 Å². The zero-order valence-electron chi connectivity index (χ0n) is 9.79. The number of rotatable bonds is 3. The third-order valence-electron chi connectivity index (χ3n) is 3.43. The van der Waals surface area contributed by atoms with Crippen molar-refractivity contribution in [2.45, 2.75) is 31.7 Å². The second-order valence-corrected chi connectivity index (χ2v) is 5.48. The van der Waals surface area contributed by atoms with Gasteiger partial charge in [-0.15, -0.1) is 0 Å². The summed E-state index contributed by atoms with van der Waals surface area (Å²) in [5.41, 5.74) is 1.27. The van der Waals surface area contributed by atoms with E-state index in [-0.39, 0.29) is 18.1 Å². The number of aryl methyl sites for hydroxylation is 1. The van der Waals surface area contributed by atoms with E-state index in [2.05, 4.69) is 21.2 Å². The Bertz CT molecular complexity index is 436. The Balaban J connectivity index is 2.17. The molecule has 0 radical (unpaired) electrons. The first-order chi connectivity index (χ1) is 8.08. The van der Waals surface area contributed by atoms with Gasteiger partial charge in [0.15, 0.2) is 0 Å². The molecule has 2 N–H and O–H groups in total. The number of halogens is 1. The van der Waals surface area contributed by atoms with Gasteiger partial charge in [-0.25, -0.2) is 0 Å². The first kappa shape index (κ1) is 12.6. The molecule has 0 saturated heterocycles. The predicted octanol–water partition coefficient (Wildman–Crippen LogP) is 2.40. The minimum Gasteiger partial charge on any atom is -0.394 e. The lowest BCUT2D eigenvalue weighted by molar-refractivity contribution is 0.0641. The van der Waals surface area contributed by atoms with Crippen molar-refractivity contribution in [3.8, 4) is 0 Å². The Labute approximate surface area is 109 Å². The van der Waals surface area contributed by atoms with E-state index in [1.165, 1.54) is 0 Å². The number of hydrogen-bond acceptors (Lipinski definition) is 2. The fraction of sp³-hybridized carbons (Fsp3) is 0.462. The minimum atomic E-state index is -0.389. The van der Waals surface area contributed by atoms with Crippen LogP contribution in [0.2, 0.25) is 0 Å². The van der Waals surface area contributed by atoms with E-state index in [9.17, 15) is 9.90 Å². The average Bonchev–Trinajstić information content (AvgIpc) is 2.27. The molecular formula is C13H16BrNO2. The monoisotopic (exact) mass is 297 g/mol. The fourth-order valence-electron chi connectivity index (χ4n) is 2.06. The topological polar surface area (TPSA) is 49.3 Å². The van der Waals surface area contributed by atoms with Crippen LogP contribution in [0.1, 0.15) is 35.2 Å². The first-order valence-corrected chi connectivity index (χ1v) is 6.56. The quantitative estimate of drug-likeness (QED) is 0.900. The van der Waals surface area contributed by atoms with Crippen molar-refractivity contribution in [2.24, 2.45) is 0 Å². The molecule has 92 valence electrons. The molecule has 0 unspecified atom stereocenters. The standard InChI is InChI=1S/C13H16BrNO2/c1-9-4-2-5-10(11(9)14)12(17)15-13(8-16)6-3-7-13/h2,4-5,16H,3,6-8H2,1H3,(H,15,17). The number of aliphatic hydroxyl groups excluding tert-OH is 1. The van der Waals surface area contributed by atoms with Crippen molar-refractivity contribution in [3.63, 3.8) is 0 Å². The summed E-state index contributed by atoms with van der Waals surface area (Å²) < 4.78 is 0.824. The second-order valence-electron chi connectivity index (χ2n) is 4.68. The molecule has 0 aromatic heterocycles. The number of aliphatic hydroxyl groups is 1. The number of hydrogen-bond donors (Lipinski definition) is 2. The van der Waals surface area contributed by atoms with E-state index < -0.39 is 0 Å². The highest BCUT2D eigenvalue weighted by atomic mass is 79.9. The van der Waals surface area contributed by atoms with E-state index >= 15 is 0 Å². The highest BCUT2D eigenvalue weighted by Crippen LogP contribution is 2.32. The molecule has 1 aromatic carbocycles. The van der Waals surface area contributed by atoms with Gasteiger partial charge >= 0.3 is 0 Å². The van der Waals surface area contributed by atoms with Crippen molar-refractivity contribution < 1.29 is 9.90 Å². The van der Waals surface area contributed by atoms with Crippen LogP contribution in [0, 0.1) is 6.92 Å². The Morgan fingerprint density at radius 2 is 2.24 bits per heavy atom. The van der Waals surface area contributed by atoms with Gasteiger partial charge in [0, 0.05) is 4.47 Å². The van der Waals surface area contributed by atoms with Crippen LogP contribution in [0.3, 0.4) is 0 Å². The molecule has 17 heavy (non-hydrogen) atoms. The number of carbonyl (C=O) groups is 1. The molecule has 1 aliphatic rings. The van der Waals surface area contributed by atoms with Gasteiger partial charge < -0.3 is 10.4 Å². The van der Waals surface area contributed by atoms with E-state index in [1.807, 2.05) is 19.1 Å². The predicted molar refractivity (Wildman–Crippen MR) is 70.0 cm³/mol. The molecule has 1 aliphatic carbocycles. The molecule has 0 heterocycles. The number of carbonyl (C=O) groups excluding carboxylic acids is 1. The molecular weight excluding hydrogens is 282 g/mol. The highest BCUT2D eigenvalue weighted by molar-refractivity contribution is 9.10. The van der Waals surface area contributed by atoms with Gasteiger partial charge in [0.1, 0.15) is 0 Å². The molecule has 2 rings (SSSR count). The summed E-state index contributed by atoms with van der Waals surface area (Å²) in [5, 5.41) is 12.3. The van der Waals surface area contributed by atoms with Crippen LogP contribution >= 0.6 is 15.9 Å². The summed E-state index contributed by atoms with van der Waals surface area (Å²) in [6.07, 6.45) is 2.78. The summed E-state index contributed by atoms with van der Waals surface area (Å²) in [4.78, 5) is 12.1. The molecule has 0 spiro atoms. The smallest absolute Gasteiger partial charge is 0.252 e. The summed E-state index contributed by atoms with van der Waals surface area (Å²) in [6.45, 7) is 1.97. The van der Waals surface area contributed by atoms with E-state index in [0.717, 1.165) is 29.3 Å². The first-order valence-electron chi connectivity index (χ1n) is 5.76. The van der Waals surface area contributed by atoms with Crippen LogP contribution < -0.4 is 5.32 Å². The SMILES string of the molecule is Cc1cccc(C(=O)NC2(CO)CCC2)c1Br. The molecule has 1 fully saturated rings. The number of benzene rings is 1. The molecule has 1 saturated carbocycles. The Kier molecular flexibility index (Phi) is 3.54. The number of nitrogens with one attached hydrogen (secondary N) is 1. The molecule has 1 aromatic rings. The van der Waals surface area contributed by atoms with Crippen LogP contribution in [0.5, 0.6) is 0 Å². The van der Waals surface area contributed by atoms with Crippen LogP contribution in [0.25, 0.3) is 0 Å². The van der Waals surface area contributed by atoms with E-state index in [1.54, 1.807) is 6.07 Å². The van der Waals surface area contributed by atoms with Crippen LogP contribution in [-0.4, -0.2) is 23.2 Å². The lowest BCUT2D eigenvalue weighted by atomic mass is 9.77.